The van der Waals surface area contributed by atoms with Crippen LogP contribution in [-0.2, 0) is 6.42 Å². The van der Waals surface area contributed by atoms with Crippen molar-refractivity contribution >= 4 is 38.8 Å². The molecule has 0 aliphatic heterocycles. The van der Waals surface area contributed by atoms with Crippen molar-refractivity contribution in [1.82, 2.24) is 9.13 Å². The third kappa shape index (κ3) is 4.98. The largest absolute Gasteiger partial charge is 0.309 e. The second-order valence-corrected chi connectivity index (χ2v) is 12.5. The Balaban J connectivity index is 1.33. The summed E-state index contributed by atoms with van der Waals surface area (Å²) in [6, 6.07) is 49.8. The van der Waals surface area contributed by atoms with Crippen LogP contribution in [0.1, 0.15) is 41.8 Å². The van der Waals surface area contributed by atoms with E-state index in [9.17, 15) is 15.8 Å². The first-order valence-corrected chi connectivity index (χ1v) is 17.0. The van der Waals surface area contributed by atoms with E-state index in [-0.39, 0.29) is 0 Å². The number of nitriles is 3. The molecule has 0 amide bonds. The molecule has 0 atom stereocenters. The van der Waals surface area contributed by atoms with E-state index in [2.05, 4.69) is 94.9 Å². The smallest absolute Gasteiger partial charge is 0.0998 e. The molecule has 2 heterocycles. The summed E-state index contributed by atoms with van der Waals surface area (Å²) in [7, 11) is 0. The van der Waals surface area contributed by atoms with Gasteiger partial charge < -0.3 is 9.13 Å². The number of fused-ring (bicyclic) bond motifs is 4. The van der Waals surface area contributed by atoms with Crippen LogP contribution in [0.3, 0.4) is 0 Å². The highest BCUT2D eigenvalue weighted by Crippen LogP contribution is 2.41. The van der Waals surface area contributed by atoms with Crippen molar-refractivity contribution in [2.75, 3.05) is 0 Å². The maximum atomic E-state index is 10.1. The predicted octanol–water partition coefficient (Wildman–Crippen LogP) is 11.3. The number of allylic oxidation sites excluding steroid dienone is 1. The minimum atomic E-state index is 0.582. The molecule has 0 unspecified atom stereocenters. The van der Waals surface area contributed by atoms with Gasteiger partial charge in [-0.05, 0) is 108 Å². The third-order valence-electron chi connectivity index (χ3n) is 9.76. The van der Waals surface area contributed by atoms with Crippen LogP contribution in [0.2, 0.25) is 0 Å². The van der Waals surface area contributed by atoms with E-state index in [4.69, 9.17) is 0 Å². The Bertz CT molecular complexity index is 2820. The maximum Gasteiger partial charge on any atom is 0.0998 e. The highest BCUT2D eigenvalue weighted by atomic mass is 15.0. The molecule has 0 aliphatic rings. The number of aromatic nitrogens is 2. The van der Waals surface area contributed by atoms with Crippen LogP contribution in [-0.4, -0.2) is 9.13 Å². The lowest BCUT2D eigenvalue weighted by Crippen LogP contribution is -2.01. The number of hydrogen-bond acceptors (Lipinski definition) is 3. The fourth-order valence-electron chi connectivity index (χ4n) is 7.57. The van der Waals surface area contributed by atoms with Crippen molar-refractivity contribution in [2.24, 2.45) is 0 Å². The van der Waals surface area contributed by atoms with Gasteiger partial charge >= 0.3 is 0 Å². The summed E-state index contributed by atoms with van der Waals surface area (Å²) in [6.07, 6.45) is 4.96. The van der Waals surface area contributed by atoms with Gasteiger partial charge in [0.05, 0.1) is 57.1 Å². The molecule has 2 aromatic heterocycles. The van der Waals surface area contributed by atoms with Crippen LogP contribution in [0.4, 0.5) is 0 Å². The highest BCUT2D eigenvalue weighted by molar-refractivity contribution is 6.09. The lowest BCUT2D eigenvalue weighted by molar-refractivity contribution is 1.06. The molecule has 5 heteroatoms. The van der Waals surface area contributed by atoms with Crippen molar-refractivity contribution in [3.63, 3.8) is 0 Å². The summed E-state index contributed by atoms with van der Waals surface area (Å²) in [4.78, 5) is 0. The van der Waals surface area contributed by atoms with Crippen molar-refractivity contribution in [1.29, 1.82) is 15.8 Å². The number of benzene rings is 6. The quantitative estimate of drug-likeness (QED) is 0.179. The zero-order valence-corrected chi connectivity index (χ0v) is 28.2. The molecule has 0 radical (unpaired) electrons. The van der Waals surface area contributed by atoms with Gasteiger partial charge in [0.1, 0.15) is 0 Å². The van der Waals surface area contributed by atoms with E-state index >= 15 is 0 Å². The van der Waals surface area contributed by atoms with Crippen LogP contribution in [0.25, 0.3) is 72.4 Å². The van der Waals surface area contributed by atoms with Gasteiger partial charge in [-0.2, -0.15) is 15.8 Å². The van der Waals surface area contributed by atoms with E-state index in [0.29, 0.717) is 16.7 Å². The van der Waals surface area contributed by atoms with E-state index in [0.717, 1.165) is 84.0 Å². The Morgan fingerprint density at radius 1 is 0.588 bits per heavy atom. The molecule has 0 saturated heterocycles. The summed E-state index contributed by atoms with van der Waals surface area (Å²) in [5.74, 6) is 0. The van der Waals surface area contributed by atoms with Gasteiger partial charge in [0.25, 0.3) is 0 Å². The second kappa shape index (κ2) is 12.7. The van der Waals surface area contributed by atoms with Gasteiger partial charge in [-0.15, -0.1) is 0 Å². The number of aryl methyl sites for hydroxylation is 1. The second-order valence-electron chi connectivity index (χ2n) is 12.5. The number of para-hydroxylation sites is 2. The van der Waals surface area contributed by atoms with Gasteiger partial charge in [-0.1, -0.05) is 73.7 Å². The summed E-state index contributed by atoms with van der Waals surface area (Å²) in [5, 5.41) is 32.8. The Morgan fingerprint density at radius 3 is 2.06 bits per heavy atom. The maximum absolute atomic E-state index is 10.1. The lowest BCUT2D eigenvalue weighted by Gasteiger charge is -2.18. The minimum Gasteiger partial charge on any atom is -0.309 e. The molecule has 51 heavy (non-hydrogen) atoms. The molecule has 5 nitrogen and oxygen atoms in total. The standard InChI is InChI=1S/C46H31N5/c1-3-10-41-35(4-2)46-33(29-49)11-9-16-45(46)51(41)43-15-8-5-12-37(43)36-23-17-30(27-47)25-39(36)32-19-21-34(22-20-32)50-42-14-7-6-13-38(42)40-26-31(28-48)18-24-44(40)50/h3,5-26H,4H2,1-2H3/b10-3-. The Kier molecular flexibility index (Phi) is 7.77. The Morgan fingerprint density at radius 2 is 1.29 bits per heavy atom. The van der Waals surface area contributed by atoms with E-state index in [1.807, 2.05) is 85.8 Å². The normalized spacial score (nSPS) is 11.3. The van der Waals surface area contributed by atoms with Crippen LogP contribution in [0.5, 0.6) is 0 Å². The molecule has 0 bridgehead atoms. The van der Waals surface area contributed by atoms with Gasteiger partial charge in [0.15, 0.2) is 0 Å². The van der Waals surface area contributed by atoms with Crippen molar-refractivity contribution in [3.8, 4) is 51.8 Å². The summed E-state index contributed by atoms with van der Waals surface area (Å²) in [6.45, 7) is 4.15. The zero-order valence-electron chi connectivity index (χ0n) is 28.2. The molecule has 240 valence electrons. The molecular weight excluding hydrogens is 623 g/mol. The van der Waals surface area contributed by atoms with Gasteiger partial charge in [0, 0.05) is 33.1 Å². The molecule has 0 spiro atoms. The summed E-state index contributed by atoms with van der Waals surface area (Å²) >= 11 is 0. The molecule has 0 fully saturated rings. The minimum absolute atomic E-state index is 0.582. The Hall–Kier alpha value is -7.13. The molecular formula is C46H31N5. The monoisotopic (exact) mass is 653 g/mol. The van der Waals surface area contributed by atoms with Crippen LogP contribution < -0.4 is 0 Å². The predicted molar refractivity (Wildman–Crippen MR) is 207 cm³/mol. The average Bonchev–Trinajstić information content (AvgIpc) is 3.69. The third-order valence-corrected chi connectivity index (χ3v) is 9.76. The van der Waals surface area contributed by atoms with E-state index in [1.165, 1.54) is 0 Å². The SMILES string of the molecule is C/C=C\c1c(CC)c2c(C#N)cccc2n1-c1ccccc1-c1ccc(C#N)cc1-c1ccc(-n2c3ccccc3c3cc(C#N)ccc32)cc1. The Labute approximate surface area is 296 Å². The lowest BCUT2D eigenvalue weighted by atomic mass is 9.91. The van der Waals surface area contributed by atoms with E-state index < -0.39 is 0 Å². The first-order chi connectivity index (χ1) is 25.1. The summed E-state index contributed by atoms with van der Waals surface area (Å²) in [5.41, 5.74) is 13.1. The zero-order chi connectivity index (χ0) is 35.1. The number of hydrogen-bond donors (Lipinski definition) is 0. The fraction of sp³-hybridized carbons (Fsp3) is 0.0652. The van der Waals surface area contributed by atoms with Crippen LogP contribution >= 0.6 is 0 Å². The van der Waals surface area contributed by atoms with Crippen molar-refractivity contribution in [2.45, 2.75) is 20.3 Å². The number of nitrogens with zero attached hydrogens (tertiary/aromatic N) is 5. The average molecular weight is 654 g/mol. The van der Waals surface area contributed by atoms with Crippen LogP contribution in [0.15, 0.2) is 133 Å². The van der Waals surface area contributed by atoms with E-state index in [1.54, 1.807) is 0 Å². The first-order valence-electron chi connectivity index (χ1n) is 17.0. The molecule has 0 N–H and O–H groups in total. The molecule has 0 aliphatic carbocycles. The van der Waals surface area contributed by atoms with Gasteiger partial charge in [0.2, 0.25) is 0 Å². The molecule has 0 saturated carbocycles. The van der Waals surface area contributed by atoms with Crippen molar-refractivity contribution < 1.29 is 0 Å². The van der Waals surface area contributed by atoms with Crippen LogP contribution in [0, 0.1) is 34.0 Å². The first kappa shape index (κ1) is 31.2. The summed E-state index contributed by atoms with van der Waals surface area (Å²) < 4.78 is 4.51. The highest BCUT2D eigenvalue weighted by Gasteiger charge is 2.22. The fourth-order valence-corrected chi connectivity index (χ4v) is 7.57. The topological polar surface area (TPSA) is 81.2 Å². The molecule has 8 aromatic rings. The number of rotatable bonds is 6. The molecule has 6 aromatic carbocycles. The van der Waals surface area contributed by atoms with Crippen molar-refractivity contribution in [3.05, 3.63) is 161 Å². The van der Waals surface area contributed by atoms with Gasteiger partial charge in [-0.3, -0.25) is 0 Å². The molecule has 8 rings (SSSR count). The van der Waals surface area contributed by atoms with Gasteiger partial charge in [-0.25, -0.2) is 0 Å².